The average Bonchev–Trinajstić information content (AvgIpc) is 2.01. The molecule has 0 spiro atoms. The summed E-state index contributed by atoms with van der Waals surface area (Å²) in [6, 6.07) is 1.62. The number of hydrogen-bond acceptors (Lipinski definition) is 5. The van der Waals surface area contributed by atoms with Crippen LogP contribution >= 0.6 is 15.9 Å². The van der Waals surface area contributed by atoms with Crippen LogP contribution in [0.4, 0.5) is 11.8 Å². The van der Waals surface area contributed by atoms with Crippen molar-refractivity contribution in [2.24, 2.45) is 0 Å². The molecule has 0 radical (unpaired) electrons. The second-order valence-corrected chi connectivity index (χ2v) is 3.82. The van der Waals surface area contributed by atoms with E-state index in [1.165, 1.54) is 0 Å². The highest BCUT2D eigenvalue weighted by Crippen LogP contribution is 2.12. The summed E-state index contributed by atoms with van der Waals surface area (Å²) in [5, 5.41) is 12.0. The lowest BCUT2D eigenvalue weighted by molar-refractivity contribution is 0.188. The minimum atomic E-state index is -0.327. The maximum atomic E-state index is 9.02. The molecule has 5 nitrogen and oxygen atoms in total. The van der Waals surface area contributed by atoms with Gasteiger partial charge < -0.3 is 16.2 Å². The molecule has 0 amide bonds. The van der Waals surface area contributed by atoms with E-state index in [0.29, 0.717) is 29.3 Å². The van der Waals surface area contributed by atoms with E-state index < -0.39 is 0 Å². The lowest BCUT2D eigenvalue weighted by Gasteiger charge is -2.06. The first-order valence-electron chi connectivity index (χ1n) is 4.30. The molecule has 1 aromatic rings. The van der Waals surface area contributed by atoms with Crippen LogP contribution in [0.25, 0.3) is 0 Å². The molecule has 0 aliphatic carbocycles. The van der Waals surface area contributed by atoms with Crippen molar-refractivity contribution in [2.45, 2.75) is 19.4 Å². The van der Waals surface area contributed by atoms with E-state index in [-0.39, 0.29) is 6.10 Å². The van der Waals surface area contributed by atoms with Crippen molar-refractivity contribution >= 4 is 27.7 Å². The van der Waals surface area contributed by atoms with Crippen LogP contribution in [0.15, 0.2) is 10.7 Å². The first-order valence-corrected chi connectivity index (χ1v) is 5.09. The number of halogens is 1. The standard InChI is InChI=1S/C8H13BrN4O/c1-5(14)2-3-11-8-12-6(9)4-7(10)13-8/h4-5,14H,2-3H2,1H3,(H3,10,11,12,13). The second kappa shape index (κ2) is 5.11. The molecule has 0 aliphatic rings. The van der Waals surface area contributed by atoms with E-state index in [2.05, 4.69) is 31.2 Å². The number of nitrogens with one attached hydrogen (secondary N) is 1. The number of aromatic nitrogens is 2. The molecule has 0 saturated heterocycles. The first-order chi connectivity index (χ1) is 6.58. The molecule has 0 aromatic carbocycles. The summed E-state index contributed by atoms with van der Waals surface area (Å²) in [4.78, 5) is 8.04. The lowest BCUT2D eigenvalue weighted by Crippen LogP contribution is -2.12. The van der Waals surface area contributed by atoms with Crippen LogP contribution in [-0.4, -0.2) is 27.7 Å². The van der Waals surface area contributed by atoms with Crippen molar-refractivity contribution in [1.29, 1.82) is 0 Å². The van der Waals surface area contributed by atoms with Gasteiger partial charge >= 0.3 is 0 Å². The Kier molecular flexibility index (Phi) is 4.09. The van der Waals surface area contributed by atoms with Crippen LogP contribution in [0.1, 0.15) is 13.3 Å². The number of aliphatic hydroxyl groups excluding tert-OH is 1. The van der Waals surface area contributed by atoms with Gasteiger partial charge in [-0.05, 0) is 29.3 Å². The highest BCUT2D eigenvalue weighted by Gasteiger charge is 2.00. The number of aliphatic hydroxyl groups is 1. The number of nitrogen functional groups attached to an aromatic ring is 1. The van der Waals surface area contributed by atoms with Gasteiger partial charge in [0.05, 0.1) is 6.10 Å². The minimum Gasteiger partial charge on any atom is -0.393 e. The van der Waals surface area contributed by atoms with E-state index in [0.717, 1.165) is 0 Å². The smallest absolute Gasteiger partial charge is 0.225 e. The van der Waals surface area contributed by atoms with Crippen LogP contribution in [0.2, 0.25) is 0 Å². The Bertz CT molecular complexity index is 285. The normalized spacial score (nSPS) is 12.5. The van der Waals surface area contributed by atoms with Crippen molar-refractivity contribution in [2.75, 3.05) is 17.6 Å². The predicted octanol–water partition coefficient (Wildman–Crippen LogP) is 1.00. The molecule has 1 rings (SSSR count). The van der Waals surface area contributed by atoms with Crippen LogP contribution in [0, 0.1) is 0 Å². The van der Waals surface area contributed by atoms with Gasteiger partial charge in [0.15, 0.2) is 0 Å². The molecule has 0 aliphatic heterocycles. The highest BCUT2D eigenvalue weighted by atomic mass is 79.9. The van der Waals surface area contributed by atoms with Crippen molar-refractivity contribution in [3.05, 3.63) is 10.7 Å². The molecule has 0 bridgehead atoms. The molecule has 1 unspecified atom stereocenters. The Balaban J connectivity index is 2.50. The SMILES string of the molecule is CC(O)CCNc1nc(N)cc(Br)n1. The fourth-order valence-electron chi connectivity index (χ4n) is 0.907. The Morgan fingerprint density at radius 1 is 1.64 bits per heavy atom. The fourth-order valence-corrected chi connectivity index (χ4v) is 1.31. The quantitative estimate of drug-likeness (QED) is 0.704. The Morgan fingerprint density at radius 3 is 2.93 bits per heavy atom. The van der Waals surface area contributed by atoms with E-state index in [1.807, 2.05) is 0 Å². The van der Waals surface area contributed by atoms with Crippen LogP contribution in [0.3, 0.4) is 0 Å². The number of anilines is 2. The molecule has 6 heteroatoms. The average molecular weight is 261 g/mol. The van der Waals surface area contributed by atoms with Gasteiger partial charge in [0.2, 0.25) is 5.95 Å². The summed E-state index contributed by atoms with van der Waals surface area (Å²) in [6.07, 6.45) is 0.322. The number of hydrogen-bond donors (Lipinski definition) is 3. The molecule has 14 heavy (non-hydrogen) atoms. The van der Waals surface area contributed by atoms with Gasteiger partial charge in [-0.2, -0.15) is 4.98 Å². The highest BCUT2D eigenvalue weighted by molar-refractivity contribution is 9.10. The third-order valence-corrected chi connectivity index (χ3v) is 1.97. The number of nitrogens with two attached hydrogens (primary N) is 1. The minimum absolute atomic E-state index is 0.327. The third-order valence-electron chi connectivity index (χ3n) is 1.56. The zero-order valence-corrected chi connectivity index (χ0v) is 9.45. The largest absolute Gasteiger partial charge is 0.393 e. The zero-order valence-electron chi connectivity index (χ0n) is 7.87. The second-order valence-electron chi connectivity index (χ2n) is 3.00. The summed E-state index contributed by atoms with van der Waals surface area (Å²) < 4.78 is 0.643. The Labute approximate surface area is 90.9 Å². The summed E-state index contributed by atoms with van der Waals surface area (Å²) in [6.45, 7) is 2.35. The monoisotopic (exact) mass is 260 g/mol. The van der Waals surface area contributed by atoms with Crippen LogP contribution in [0.5, 0.6) is 0 Å². The third kappa shape index (κ3) is 3.89. The van der Waals surface area contributed by atoms with Gasteiger partial charge in [0.1, 0.15) is 10.4 Å². The summed E-state index contributed by atoms with van der Waals surface area (Å²) in [5.41, 5.74) is 5.52. The molecule has 0 saturated carbocycles. The van der Waals surface area contributed by atoms with Crippen molar-refractivity contribution in [3.8, 4) is 0 Å². The Morgan fingerprint density at radius 2 is 2.36 bits per heavy atom. The van der Waals surface area contributed by atoms with E-state index >= 15 is 0 Å². The number of rotatable bonds is 4. The summed E-state index contributed by atoms with van der Waals surface area (Å²) in [5.74, 6) is 0.879. The fraction of sp³-hybridized carbons (Fsp3) is 0.500. The van der Waals surface area contributed by atoms with Gasteiger partial charge in [-0.3, -0.25) is 0 Å². The van der Waals surface area contributed by atoms with Crippen LogP contribution < -0.4 is 11.1 Å². The van der Waals surface area contributed by atoms with Gasteiger partial charge in [-0.25, -0.2) is 4.98 Å². The van der Waals surface area contributed by atoms with Crippen LogP contribution in [-0.2, 0) is 0 Å². The maximum Gasteiger partial charge on any atom is 0.225 e. The van der Waals surface area contributed by atoms with E-state index in [4.69, 9.17) is 10.8 Å². The lowest BCUT2D eigenvalue weighted by atomic mass is 10.3. The molecule has 1 heterocycles. The number of nitrogens with zero attached hydrogens (tertiary/aromatic N) is 2. The predicted molar refractivity (Wildman–Crippen MR) is 58.9 cm³/mol. The van der Waals surface area contributed by atoms with Gasteiger partial charge in [0.25, 0.3) is 0 Å². The molecule has 1 atom stereocenters. The van der Waals surface area contributed by atoms with Crippen molar-refractivity contribution in [1.82, 2.24) is 9.97 Å². The van der Waals surface area contributed by atoms with E-state index in [9.17, 15) is 0 Å². The molecule has 4 N–H and O–H groups in total. The molecular weight excluding hydrogens is 248 g/mol. The summed E-state index contributed by atoms with van der Waals surface area (Å²) >= 11 is 3.21. The molecule has 0 fully saturated rings. The molecule has 78 valence electrons. The van der Waals surface area contributed by atoms with Gasteiger partial charge in [-0.15, -0.1) is 0 Å². The Hall–Kier alpha value is -0.880. The van der Waals surface area contributed by atoms with Crippen molar-refractivity contribution in [3.63, 3.8) is 0 Å². The zero-order chi connectivity index (χ0) is 10.6. The van der Waals surface area contributed by atoms with Gasteiger partial charge in [-0.1, -0.05) is 0 Å². The van der Waals surface area contributed by atoms with Crippen molar-refractivity contribution < 1.29 is 5.11 Å². The maximum absolute atomic E-state index is 9.02. The summed E-state index contributed by atoms with van der Waals surface area (Å²) in [7, 11) is 0. The van der Waals surface area contributed by atoms with Gasteiger partial charge in [0, 0.05) is 12.6 Å². The van der Waals surface area contributed by atoms with E-state index in [1.54, 1.807) is 13.0 Å². The molecule has 1 aromatic heterocycles. The molecular formula is C8H13BrN4O. The first kappa shape index (κ1) is 11.2. The topological polar surface area (TPSA) is 84.1 Å².